The number of carbonyl (C=O) groups excluding carboxylic acids is 2. The molecule has 0 saturated heterocycles. The summed E-state index contributed by atoms with van der Waals surface area (Å²) in [6.07, 6.45) is 0.272. The summed E-state index contributed by atoms with van der Waals surface area (Å²) >= 11 is 0. The lowest BCUT2D eigenvalue weighted by Crippen LogP contribution is -2.49. The van der Waals surface area contributed by atoms with Crippen molar-refractivity contribution in [2.75, 3.05) is 13.2 Å². The van der Waals surface area contributed by atoms with Crippen LogP contribution >= 0.6 is 0 Å². The molecule has 7 heteroatoms. The van der Waals surface area contributed by atoms with Crippen molar-refractivity contribution in [1.29, 1.82) is 0 Å². The predicted octanol–water partition coefficient (Wildman–Crippen LogP) is 4.56. The SMILES string of the molecule is CC(CCNC(=O)OCC1c2ccccc2-c2ccccc21)CC(=O)N[C@H](C(=O)O)C(C)(C)C. The molecule has 0 spiro atoms. The van der Waals surface area contributed by atoms with Crippen LogP contribution in [-0.2, 0) is 14.3 Å². The van der Waals surface area contributed by atoms with Crippen LogP contribution in [-0.4, -0.2) is 42.3 Å². The number of nitrogens with one attached hydrogen (secondary N) is 2. The largest absolute Gasteiger partial charge is 0.480 e. The molecule has 2 aromatic rings. The Morgan fingerprint density at radius 1 is 1.00 bits per heavy atom. The summed E-state index contributed by atoms with van der Waals surface area (Å²) in [5.74, 6) is -1.38. The number of carbonyl (C=O) groups is 3. The summed E-state index contributed by atoms with van der Waals surface area (Å²) in [6.45, 7) is 7.83. The Morgan fingerprint density at radius 2 is 1.56 bits per heavy atom. The van der Waals surface area contributed by atoms with Crippen LogP contribution in [0, 0.1) is 11.3 Å². The molecule has 7 nitrogen and oxygen atoms in total. The van der Waals surface area contributed by atoms with Crippen LogP contribution in [0.15, 0.2) is 48.5 Å². The van der Waals surface area contributed by atoms with E-state index in [4.69, 9.17) is 4.74 Å². The van der Waals surface area contributed by atoms with Crippen LogP contribution in [0.1, 0.15) is 57.6 Å². The van der Waals surface area contributed by atoms with Crippen LogP contribution < -0.4 is 10.6 Å². The summed E-state index contributed by atoms with van der Waals surface area (Å²) in [5, 5.41) is 14.7. The maximum Gasteiger partial charge on any atom is 0.407 e. The fourth-order valence-corrected chi connectivity index (χ4v) is 4.36. The van der Waals surface area contributed by atoms with E-state index < -0.39 is 23.5 Å². The van der Waals surface area contributed by atoms with Gasteiger partial charge in [0.1, 0.15) is 12.6 Å². The number of carboxylic acids is 1. The predicted molar refractivity (Wildman–Crippen MR) is 130 cm³/mol. The second-order valence-electron chi connectivity index (χ2n) is 10.1. The highest BCUT2D eigenvalue weighted by Gasteiger charge is 2.33. The molecule has 182 valence electrons. The van der Waals surface area contributed by atoms with Crippen molar-refractivity contribution >= 4 is 18.0 Å². The van der Waals surface area contributed by atoms with Gasteiger partial charge in [-0.3, -0.25) is 4.79 Å². The minimum Gasteiger partial charge on any atom is -0.480 e. The van der Waals surface area contributed by atoms with Gasteiger partial charge in [0.25, 0.3) is 0 Å². The van der Waals surface area contributed by atoms with Crippen molar-refractivity contribution in [3.8, 4) is 11.1 Å². The molecule has 0 radical (unpaired) electrons. The lowest BCUT2D eigenvalue weighted by Gasteiger charge is -2.28. The summed E-state index contributed by atoms with van der Waals surface area (Å²) in [5.41, 5.74) is 4.08. The van der Waals surface area contributed by atoms with E-state index in [1.165, 1.54) is 11.1 Å². The Morgan fingerprint density at radius 3 is 2.09 bits per heavy atom. The third-order valence-corrected chi connectivity index (χ3v) is 6.20. The van der Waals surface area contributed by atoms with Crippen LogP contribution in [0.25, 0.3) is 11.1 Å². The highest BCUT2D eigenvalue weighted by atomic mass is 16.5. The molecule has 1 unspecified atom stereocenters. The molecule has 3 N–H and O–H groups in total. The van der Waals surface area contributed by atoms with E-state index in [0.29, 0.717) is 13.0 Å². The Bertz CT molecular complexity index is 998. The molecule has 3 rings (SSSR count). The second kappa shape index (κ2) is 10.7. The Labute approximate surface area is 200 Å². The minimum atomic E-state index is -1.05. The molecular formula is C27H34N2O5. The molecule has 2 aromatic carbocycles. The molecule has 1 aliphatic carbocycles. The van der Waals surface area contributed by atoms with Gasteiger partial charge in [0.05, 0.1) is 0 Å². The molecule has 0 aliphatic heterocycles. The summed E-state index contributed by atoms with van der Waals surface area (Å²) < 4.78 is 5.52. The lowest BCUT2D eigenvalue weighted by molar-refractivity contribution is -0.145. The average molecular weight is 467 g/mol. The molecule has 0 bridgehead atoms. The zero-order chi connectivity index (χ0) is 24.9. The van der Waals surface area contributed by atoms with Crippen LogP contribution in [0.2, 0.25) is 0 Å². The number of amides is 2. The number of hydrogen-bond donors (Lipinski definition) is 3. The van der Waals surface area contributed by atoms with E-state index in [2.05, 4.69) is 34.9 Å². The third kappa shape index (κ3) is 6.16. The number of hydrogen-bond acceptors (Lipinski definition) is 4. The van der Waals surface area contributed by atoms with Gasteiger partial charge in [0.2, 0.25) is 5.91 Å². The number of aliphatic carboxylic acids is 1. The highest BCUT2D eigenvalue weighted by Crippen LogP contribution is 2.44. The number of rotatable bonds is 9. The molecule has 0 saturated carbocycles. The molecule has 2 atom stereocenters. The number of alkyl carbamates (subject to hydrolysis) is 1. The van der Waals surface area contributed by atoms with Gasteiger partial charge in [0, 0.05) is 18.9 Å². The van der Waals surface area contributed by atoms with Crippen LogP contribution in [0.5, 0.6) is 0 Å². The van der Waals surface area contributed by atoms with E-state index in [0.717, 1.165) is 11.1 Å². The zero-order valence-corrected chi connectivity index (χ0v) is 20.3. The standard InChI is InChI=1S/C27H34N2O5/c1-17(15-23(30)29-24(25(31)32)27(2,3)4)13-14-28-26(33)34-16-22-20-11-7-5-9-18(20)19-10-6-8-12-21(19)22/h5-12,17,22,24H,13-16H2,1-4H3,(H,28,33)(H,29,30)(H,31,32)/t17?,24-/m1/s1. The van der Waals surface area contributed by atoms with Crippen molar-refractivity contribution in [2.24, 2.45) is 11.3 Å². The van der Waals surface area contributed by atoms with E-state index in [1.807, 2.05) is 31.2 Å². The van der Waals surface area contributed by atoms with Crippen molar-refractivity contribution in [1.82, 2.24) is 10.6 Å². The van der Waals surface area contributed by atoms with Gasteiger partial charge >= 0.3 is 12.1 Å². The van der Waals surface area contributed by atoms with Crippen molar-refractivity contribution in [2.45, 2.75) is 52.5 Å². The van der Waals surface area contributed by atoms with Crippen LogP contribution in [0.4, 0.5) is 4.79 Å². The normalized spacial score (nSPS) is 14.5. The van der Waals surface area contributed by atoms with E-state index in [9.17, 15) is 19.5 Å². The molecule has 0 aromatic heterocycles. The van der Waals surface area contributed by atoms with Gasteiger partial charge in [-0.05, 0) is 40.0 Å². The molecule has 34 heavy (non-hydrogen) atoms. The Kier molecular flexibility index (Phi) is 7.97. The molecular weight excluding hydrogens is 432 g/mol. The molecule has 1 aliphatic rings. The van der Waals surface area contributed by atoms with E-state index >= 15 is 0 Å². The first kappa shape index (κ1) is 25.3. The molecule has 0 fully saturated rings. The average Bonchev–Trinajstić information content (AvgIpc) is 3.09. The van der Waals surface area contributed by atoms with Gasteiger partial charge in [-0.25, -0.2) is 9.59 Å². The first-order valence-electron chi connectivity index (χ1n) is 11.7. The van der Waals surface area contributed by atoms with Crippen molar-refractivity contribution in [3.63, 3.8) is 0 Å². The van der Waals surface area contributed by atoms with Crippen molar-refractivity contribution in [3.05, 3.63) is 59.7 Å². The van der Waals surface area contributed by atoms with Gasteiger partial charge < -0.3 is 20.5 Å². The van der Waals surface area contributed by atoms with Crippen molar-refractivity contribution < 1.29 is 24.2 Å². The first-order chi connectivity index (χ1) is 16.1. The fraction of sp³-hybridized carbons (Fsp3) is 0.444. The lowest BCUT2D eigenvalue weighted by atomic mass is 9.86. The topological polar surface area (TPSA) is 105 Å². The maximum atomic E-state index is 12.3. The van der Waals surface area contributed by atoms with Gasteiger partial charge in [-0.15, -0.1) is 0 Å². The molecule has 0 heterocycles. The van der Waals surface area contributed by atoms with E-state index in [1.54, 1.807) is 20.8 Å². The van der Waals surface area contributed by atoms with Gasteiger partial charge in [-0.1, -0.05) is 76.2 Å². The monoisotopic (exact) mass is 466 g/mol. The smallest absolute Gasteiger partial charge is 0.407 e. The number of ether oxygens (including phenoxy) is 1. The Balaban J connectivity index is 1.43. The molecule has 2 amide bonds. The number of benzene rings is 2. The third-order valence-electron chi connectivity index (χ3n) is 6.20. The Hall–Kier alpha value is -3.35. The van der Waals surface area contributed by atoms with Gasteiger partial charge in [0.15, 0.2) is 0 Å². The maximum absolute atomic E-state index is 12.3. The zero-order valence-electron chi connectivity index (χ0n) is 20.3. The minimum absolute atomic E-state index is 0.00534. The highest BCUT2D eigenvalue weighted by molar-refractivity contribution is 5.84. The second-order valence-corrected chi connectivity index (χ2v) is 10.1. The number of fused-ring (bicyclic) bond motifs is 3. The quantitative estimate of drug-likeness (QED) is 0.503. The fourth-order valence-electron chi connectivity index (χ4n) is 4.36. The van der Waals surface area contributed by atoms with Crippen LogP contribution in [0.3, 0.4) is 0 Å². The summed E-state index contributed by atoms with van der Waals surface area (Å²) in [6, 6.07) is 15.4. The summed E-state index contributed by atoms with van der Waals surface area (Å²) in [4.78, 5) is 36.0. The van der Waals surface area contributed by atoms with Gasteiger partial charge in [-0.2, -0.15) is 0 Å². The number of carboxylic acid groups (broad SMARTS) is 1. The summed E-state index contributed by atoms with van der Waals surface area (Å²) in [7, 11) is 0. The van der Waals surface area contributed by atoms with E-state index in [-0.39, 0.29) is 30.8 Å². The first-order valence-corrected chi connectivity index (χ1v) is 11.7.